The highest BCUT2D eigenvalue weighted by atomic mass is 32.1. The summed E-state index contributed by atoms with van der Waals surface area (Å²) in [4.78, 5) is 40.0. The summed E-state index contributed by atoms with van der Waals surface area (Å²) < 4.78 is 8.38. The molecule has 1 unspecified atom stereocenters. The lowest BCUT2D eigenvalue weighted by Crippen LogP contribution is -2.44. The first kappa shape index (κ1) is 27.5. The number of likely N-dealkylation sites (N-methyl/N-ethyl adjacent to an activating group) is 1. The fourth-order valence-corrected chi connectivity index (χ4v) is 8.47. The molecule has 2 aliphatic heterocycles. The Balaban J connectivity index is 1.10. The van der Waals surface area contributed by atoms with E-state index in [1.165, 1.54) is 43.9 Å². The second kappa shape index (κ2) is 11.4. The summed E-state index contributed by atoms with van der Waals surface area (Å²) in [7, 11) is 2.02. The summed E-state index contributed by atoms with van der Waals surface area (Å²) in [5.41, 5.74) is 3.39. The van der Waals surface area contributed by atoms with Gasteiger partial charge in [0.2, 0.25) is 11.8 Å². The maximum Gasteiger partial charge on any atom is 0.225 e. The smallest absolute Gasteiger partial charge is 0.225 e. The van der Waals surface area contributed by atoms with Gasteiger partial charge in [-0.05, 0) is 57.1 Å². The number of anilines is 1. The topological polar surface area (TPSA) is 105 Å². The molecular weight excluding hydrogens is 550 g/mol. The lowest BCUT2D eigenvalue weighted by atomic mass is 9.85. The Morgan fingerprint density at radius 3 is 2.64 bits per heavy atom. The number of hydrogen-bond donors (Lipinski definition) is 1. The number of rotatable bonds is 6. The Morgan fingerprint density at radius 2 is 1.90 bits per heavy atom. The Hall–Kier alpha value is -3.31. The number of ether oxygens (including phenoxy) is 1. The van der Waals surface area contributed by atoms with Crippen LogP contribution in [0.4, 0.5) is 5.13 Å². The number of amides is 2. The van der Waals surface area contributed by atoms with Gasteiger partial charge in [0.15, 0.2) is 10.9 Å². The van der Waals surface area contributed by atoms with Crippen LogP contribution in [0.3, 0.4) is 0 Å². The zero-order chi connectivity index (χ0) is 28.8. The second-order valence-corrected chi connectivity index (χ2v) is 13.3. The minimum atomic E-state index is -0.149. The average Bonchev–Trinajstić information content (AvgIpc) is 3.81. The van der Waals surface area contributed by atoms with Crippen LogP contribution in [0.25, 0.3) is 21.8 Å². The van der Waals surface area contributed by atoms with E-state index in [1.54, 1.807) is 6.20 Å². The van der Waals surface area contributed by atoms with Crippen LogP contribution >= 0.6 is 11.3 Å². The molecule has 1 N–H and O–H groups in total. The molecule has 11 heteroatoms. The van der Waals surface area contributed by atoms with Gasteiger partial charge in [-0.2, -0.15) is 5.10 Å². The van der Waals surface area contributed by atoms with Gasteiger partial charge >= 0.3 is 0 Å². The molecule has 0 radical (unpaired) electrons. The molecule has 3 aromatic heterocycles. The monoisotopic (exact) mass is 589 g/mol. The van der Waals surface area contributed by atoms with E-state index in [2.05, 4.69) is 29.8 Å². The summed E-state index contributed by atoms with van der Waals surface area (Å²) in [6, 6.07) is 5.10. The quantitative estimate of drug-likeness (QED) is 0.425. The number of nitrogens with one attached hydrogen (secondary N) is 1. The van der Waals surface area contributed by atoms with Crippen LogP contribution in [-0.4, -0.2) is 73.6 Å². The summed E-state index contributed by atoms with van der Waals surface area (Å²) in [5, 5.41) is 8.51. The second-order valence-electron chi connectivity index (χ2n) is 12.3. The first-order valence-electron chi connectivity index (χ1n) is 15.4. The predicted molar refractivity (Wildman–Crippen MR) is 161 cm³/mol. The molecule has 1 saturated heterocycles. The molecule has 5 heterocycles. The predicted octanol–water partition coefficient (Wildman–Crippen LogP) is 5.13. The van der Waals surface area contributed by atoms with Crippen LogP contribution in [0.15, 0.2) is 24.5 Å². The molecule has 222 valence electrons. The molecule has 0 spiro atoms. The van der Waals surface area contributed by atoms with E-state index >= 15 is 0 Å². The number of likely N-dealkylation sites (tertiary alicyclic amines) is 1. The Morgan fingerprint density at radius 1 is 1.10 bits per heavy atom. The van der Waals surface area contributed by atoms with Gasteiger partial charge in [0.1, 0.15) is 23.7 Å². The third kappa shape index (κ3) is 5.10. The maximum atomic E-state index is 13.6. The zero-order valence-corrected chi connectivity index (χ0v) is 25.2. The van der Waals surface area contributed by atoms with Gasteiger partial charge in [0.25, 0.3) is 0 Å². The van der Waals surface area contributed by atoms with Crippen LogP contribution in [0.5, 0.6) is 5.75 Å². The molecule has 3 aromatic rings. The number of hydrogen-bond acceptors (Lipinski definition) is 8. The van der Waals surface area contributed by atoms with Gasteiger partial charge in [-0.25, -0.2) is 4.98 Å². The lowest BCUT2D eigenvalue weighted by Gasteiger charge is -2.34. The zero-order valence-electron chi connectivity index (χ0n) is 24.4. The highest BCUT2D eigenvalue weighted by Crippen LogP contribution is 2.49. The molecule has 2 aliphatic carbocycles. The molecule has 0 bridgehead atoms. The number of fused-ring (bicyclic) bond motifs is 3. The maximum absolute atomic E-state index is 13.6. The first-order chi connectivity index (χ1) is 20.5. The lowest BCUT2D eigenvalue weighted by molar-refractivity contribution is -0.137. The average molecular weight is 590 g/mol. The van der Waals surface area contributed by atoms with Gasteiger partial charge < -0.3 is 15.0 Å². The fourth-order valence-electron chi connectivity index (χ4n) is 7.42. The Kier molecular flexibility index (Phi) is 7.47. The molecule has 2 saturated carbocycles. The van der Waals surface area contributed by atoms with Crippen LogP contribution in [0, 0.1) is 5.92 Å². The van der Waals surface area contributed by atoms with Crippen molar-refractivity contribution in [3.05, 3.63) is 30.2 Å². The number of aromatic nitrogens is 4. The van der Waals surface area contributed by atoms with E-state index in [0.29, 0.717) is 23.7 Å². The van der Waals surface area contributed by atoms with Crippen molar-refractivity contribution in [1.29, 1.82) is 0 Å². The molecule has 7 rings (SSSR count). The van der Waals surface area contributed by atoms with Crippen LogP contribution in [0.2, 0.25) is 0 Å². The minimum Gasteiger partial charge on any atom is -0.483 e. The third-order valence-electron chi connectivity index (χ3n) is 9.67. The summed E-state index contributed by atoms with van der Waals surface area (Å²) >= 11 is 1.46. The molecule has 42 heavy (non-hydrogen) atoms. The molecular formula is C31H39N7O3S. The van der Waals surface area contributed by atoms with Gasteiger partial charge in [-0.15, -0.1) is 0 Å². The van der Waals surface area contributed by atoms with Gasteiger partial charge in [0, 0.05) is 63.0 Å². The van der Waals surface area contributed by atoms with Gasteiger partial charge in [0.05, 0.1) is 10.9 Å². The van der Waals surface area contributed by atoms with Gasteiger partial charge in [-0.3, -0.25) is 24.2 Å². The molecule has 1 atom stereocenters. The molecule has 3 fully saturated rings. The normalized spacial score (nSPS) is 24.2. The summed E-state index contributed by atoms with van der Waals surface area (Å²) in [6.45, 7) is 3.96. The van der Waals surface area contributed by atoms with Crippen molar-refractivity contribution in [2.45, 2.75) is 89.4 Å². The Bertz CT molecular complexity index is 1460. The number of pyridine rings is 1. The molecule has 4 aliphatic rings. The van der Waals surface area contributed by atoms with Crippen molar-refractivity contribution in [2.24, 2.45) is 5.92 Å². The van der Waals surface area contributed by atoms with Crippen molar-refractivity contribution in [1.82, 2.24) is 29.5 Å². The van der Waals surface area contributed by atoms with E-state index in [1.807, 2.05) is 25.4 Å². The number of carbonyl (C=O) groups is 2. The van der Waals surface area contributed by atoms with E-state index < -0.39 is 0 Å². The minimum absolute atomic E-state index is 0.0533. The first-order valence-corrected chi connectivity index (χ1v) is 16.2. The SMILES string of the molecule is CC(=O)Nc1nc2c(s1)-c1c(c(-c3cccnc3)nn1C1CCC(C(=O)N(C)C3CCN(C4CCCC4)C3)CC1)OC2. The van der Waals surface area contributed by atoms with E-state index in [-0.39, 0.29) is 17.9 Å². The van der Waals surface area contributed by atoms with Gasteiger partial charge in [-0.1, -0.05) is 24.2 Å². The van der Waals surface area contributed by atoms with Crippen molar-refractivity contribution >= 4 is 28.3 Å². The Labute approximate surface area is 250 Å². The highest BCUT2D eigenvalue weighted by Gasteiger charge is 2.38. The van der Waals surface area contributed by atoms with Crippen molar-refractivity contribution in [3.8, 4) is 27.6 Å². The summed E-state index contributed by atoms with van der Waals surface area (Å²) in [5.74, 6) is 0.943. The van der Waals surface area contributed by atoms with E-state index in [0.717, 1.165) is 84.5 Å². The van der Waals surface area contributed by atoms with Crippen LogP contribution in [0.1, 0.15) is 76.4 Å². The van der Waals surface area contributed by atoms with Crippen LogP contribution < -0.4 is 10.1 Å². The summed E-state index contributed by atoms with van der Waals surface area (Å²) in [6.07, 6.45) is 13.4. The molecule has 2 amide bonds. The highest BCUT2D eigenvalue weighted by molar-refractivity contribution is 7.19. The van der Waals surface area contributed by atoms with E-state index in [4.69, 9.17) is 9.84 Å². The van der Waals surface area contributed by atoms with Crippen molar-refractivity contribution < 1.29 is 14.3 Å². The molecule has 0 aromatic carbocycles. The van der Waals surface area contributed by atoms with E-state index in [9.17, 15) is 9.59 Å². The van der Waals surface area contributed by atoms with Crippen molar-refractivity contribution in [3.63, 3.8) is 0 Å². The van der Waals surface area contributed by atoms with Crippen molar-refractivity contribution in [2.75, 3.05) is 25.5 Å². The number of nitrogens with zero attached hydrogens (tertiary/aromatic N) is 6. The standard InChI is InChI=1S/C31H39N7O3S/c1-19(39)33-31-34-25-18-41-28-26(21-6-5-14-32-16-21)35-38(27(28)29(25)42-31)23-11-9-20(10-12-23)30(40)36(2)24-13-15-37(17-24)22-7-3-4-8-22/h5-6,14,16,20,22-24H,3-4,7-13,15,17-18H2,1-2H3,(H,33,34,39). The molecule has 10 nitrogen and oxygen atoms in total. The van der Waals surface area contributed by atoms with Crippen LogP contribution in [-0.2, 0) is 16.2 Å². The number of thiazole rings is 1. The fraction of sp³-hybridized carbons (Fsp3) is 0.581. The largest absolute Gasteiger partial charge is 0.483 e. The number of carbonyl (C=O) groups excluding carboxylic acids is 2. The third-order valence-corrected chi connectivity index (χ3v) is 10.7.